The summed E-state index contributed by atoms with van der Waals surface area (Å²) in [6.07, 6.45) is 0. The van der Waals surface area contributed by atoms with Gasteiger partial charge in [-0.15, -0.1) is 24.8 Å². The first-order chi connectivity index (χ1) is 5.61. The molecule has 78 valence electrons. The smallest absolute Gasteiger partial charge is 0.266 e. The fourth-order valence-electron chi connectivity index (χ4n) is 1.12. The Bertz CT molecular complexity index is 458. The highest BCUT2D eigenvalue weighted by Gasteiger charge is 2.31. The molecule has 0 spiro atoms. The van der Waals surface area contributed by atoms with Crippen LogP contribution in [0.25, 0.3) is 0 Å². The van der Waals surface area contributed by atoms with Gasteiger partial charge in [0.25, 0.3) is 15.9 Å². The molecule has 0 bridgehead atoms. The van der Waals surface area contributed by atoms with E-state index in [0.29, 0.717) is 0 Å². The molecule has 1 amide bonds. The van der Waals surface area contributed by atoms with E-state index < -0.39 is 15.9 Å². The molecule has 1 aliphatic rings. The number of benzene rings is 1. The first-order valence-electron chi connectivity index (χ1n) is 3.27. The van der Waals surface area contributed by atoms with Crippen LogP contribution in [-0.2, 0) is 10.0 Å². The van der Waals surface area contributed by atoms with Gasteiger partial charge in [-0.2, -0.15) is 0 Å². The van der Waals surface area contributed by atoms with E-state index in [-0.39, 0.29) is 35.3 Å². The highest BCUT2D eigenvalue weighted by Crippen LogP contribution is 2.20. The van der Waals surface area contributed by atoms with Crippen LogP contribution < -0.4 is 4.72 Å². The number of carbonyl (C=O) groups is 1. The molecule has 1 aromatic carbocycles. The van der Waals surface area contributed by atoms with Crippen LogP contribution in [0.2, 0.25) is 0 Å². The Kier molecular flexibility index (Phi) is 3.93. The van der Waals surface area contributed by atoms with Gasteiger partial charge in [-0.05, 0) is 12.1 Å². The number of fused-ring (bicyclic) bond motifs is 1. The van der Waals surface area contributed by atoms with Gasteiger partial charge >= 0.3 is 0 Å². The lowest BCUT2D eigenvalue weighted by Crippen LogP contribution is -2.20. The summed E-state index contributed by atoms with van der Waals surface area (Å²) < 4.78 is 24.2. The summed E-state index contributed by atoms with van der Waals surface area (Å²) in [5.74, 6) is -0.550. The van der Waals surface area contributed by atoms with Crippen LogP contribution in [0.1, 0.15) is 10.4 Å². The Labute approximate surface area is 93.6 Å². The van der Waals surface area contributed by atoms with E-state index in [1.165, 1.54) is 12.1 Å². The lowest BCUT2D eigenvalue weighted by molar-refractivity contribution is 0.0985. The molecular formula is C7H7Cl2NO3S. The van der Waals surface area contributed by atoms with E-state index in [1.807, 2.05) is 4.72 Å². The second-order valence-electron chi connectivity index (χ2n) is 2.43. The van der Waals surface area contributed by atoms with Gasteiger partial charge in [-0.25, -0.2) is 13.1 Å². The molecule has 1 aromatic rings. The van der Waals surface area contributed by atoms with Crippen LogP contribution in [-0.4, -0.2) is 14.3 Å². The fourth-order valence-corrected chi connectivity index (χ4v) is 2.29. The number of sulfonamides is 1. The van der Waals surface area contributed by atoms with Gasteiger partial charge in [0.15, 0.2) is 0 Å². The molecule has 14 heavy (non-hydrogen) atoms. The molecule has 0 saturated carbocycles. The second kappa shape index (κ2) is 4.16. The third kappa shape index (κ3) is 1.84. The Hall–Kier alpha value is -0.780. The van der Waals surface area contributed by atoms with Gasteiger partial charge in [-0.1, -0.05) is 12.1 Å². The van der Waals surface area contributed by atoms with E-state index in [4.69, 9.17) is 0 Å². The summed E-state index contributed by atoms with van der Waals surface area (Å²) in [5, 5.41) is 0. The van der Waals surface area contributed by atoms with E-state index in [9.17, 15) is 13.2 Å². The SMILES string of the molecule is Cl.Cl.O=C1NS(=O)(=O)c2ccccc21. The molecular weight excluding hydrogens is 249 g/mol. The third-order valence-corrected chi connectivity index (χ3v) is 3.04. The van der Waals surface area contributed by atoms with Crippen molar-refractivity contribution in [2.45, 2.75) is 4.90 Å². The summed E-state index contributed by atoms with van der Waals surface area (Å²) in [4.78, 5) is 11.1. The van der Waals surface area contributed by atoms with Crippen molar-refractivity contribution < 1.29 is 13.2 Å². The number of hydrogen-bond acceptors (Lipinski definition) is 3. The maximum atomic E-state index is 11.1. The monoisotopic (exact) mass is 255 g/mol. The predicted octanol–water partition coefficient (Wildman–Crippen LogP) is 0.962. The minimum Gasteiger partial charge on any atom is -0.268 e. The van der Waals surface area contributed by atoms with Crippen LogP contribution in [0.5, 0.6) is 0 Å². The minimum absolute atomic E-state index is 0. The zero-order valence-electron chi connectivity index (χ0n) is 6.76. The van der Waals surface area contributed by atoms with Crippen molar-refractivity contribution in [1.29, 1.82) is 0 Å². The highest BCUT2D eigenvalue weighted by molar-refractivity contribution is 7.90. The van der Waals surface area contributed by atoms with Crippen LogP contribution in [0, 0.1) is 0 Å². The molecule has 0 unspecified atom stereocenters. The average Bonchev–Trinajstić information content (AvgIpc) is 2.25. The average molecular weight is 256 g/mol. The minimum atomic E-state index is -3.55. The van der Waals surface area contributed by atoms with Crippen molar-refractivity contribution in [2.75, 3.05) is 0 Å². The van der Waals surface area contributed by atoms with E-state index in [0.717, 1.165) is 0 Å². The van der Waals surface area contributed by atoms with E-state index >= 15 is 0 Å². The Morgan fingerprint density at radius 1 is 1.07 bits per heavy atom. The van der Waals surface area contributed by atoms with Crippen molar-refractivity contribution >= 4 is 40.7 Å². The largest absolute Gasteiger partial charge is 0.268 e. The zero-order chi connectivity index (χ0) is 8.77. The number of amides is 1. The maximum Gasteiger partial charge on any atom is 0.266 e. The molecule has 4 nitrogen and oxygen atoms in total. The number of carbonyl (C=O) groups excluding carboxylic acids is 1. The molecule has 0 aromatic heterocycles. The lowest BCUT2D eigenvalue weighted by atomic mass is 10.2. The molecule has 1 aliphatic heterocycles. The van der Waals surface area contributed by atoms with Crippen LogP contribution in [0.15, 0.2) is 29.2 Å². The molecule has 1 heterocycles. The molecule has 0 fully saturated rings. The molecule has 0 saturated heterocycles. The number of rotatable bonds is 0. The molecule has 2 rings (SSSR count). The van der Waals surface area contributed by atoms with E-state index in [2.05, 4.69) is 0 Å². The van der Waals surface area contributed by atoms with Crippen LogP contribution >= 0.6 is 24.8 Å². The van der Waals surface area contributed by atoms with Gasteiger partial charge in [0, 0.05) is 0 Å². The van der Waals surface area contributed by atoms with Gasteiger partial charge < -0.3 is 0 Å². The fraction of sp³-hybridized carbons (Fsp3) is 0. The summed E-state index contributed by atoms with van der Waals surface area (Å²) >= 11 is 0. The normalized spacial score (nSPS) is 15.9. The third-order valence-electron chi connectivity index (χ3n) is 1.65. The Balaban J connectivity index is 0.000000845. The topological polar surface area (TPSA) is 63.2 Å². The standard InChI is InChI=1S/C7H5NO3S.2ClH/c9-7-5-3-1-2-4-6(5)12(10,11)8-7;;/h1-4H,(H,8,9);2*1H. The second-order valence-corrected chi connectivity index (χ2v) is 4.08. The first kappa shape index (κ1) is 13.2. The molecule has 0 atom stereocenters. The van der Waals surface area contributed by atoms with Crippen molar-refractivity contribution in [3.8, 4) is 0 Å². The zero-order valence-corrected chi connectivity index (χ0v) is 9.21. The number of hydrogen-bond donors (Lipinski definition) is 1. The van der Waals surface area contributed by atoms with Crippen LogP contribution in [0.4, 0.5) is 0 Å². The molecule has 1 N–H and O–H groups in total. The van der Waals surface area contributed by atoms with Crippen molar-refractivity contribution in [3.05, 3.63) is 29.8 Å². The molecule has 7 heteroatoms. The van der Waals surface area contributed by atoms with Gasteiger partial charge in [0.2, 0.25) is 0 Å². The summed E-state index contributed by atoms with van der Waals surface area (Å²) in [6.45, 7) is 0. The van der Waals surface area contributed by atoms with Crippen LogP contribution in [0.3, 0.4) is 0 Å². The summed E-state index contributed by atoms with van der Waals surface area (Å²) in [7, 11) is -3.55. The summed E-state index contributed by atoms with van der Waals surface area (Å²) in [6, 6.07) is 6.09. The van der Waals surface area contributed by atoms with Crippen molar-refractivity contribution in [1.82, 2.24) is 4.72 Å². The van der Waals surface area contributed by atoms with Gasteiger partial charge in [0.05, 0.1) is 5.56 Å². The van der Waals surface area contributed by atoms with E-state index in [1.54, 1.807) is 12.1 Å². The van der Waals surface area contributed by atoms with Gasteiger partial charge in [-0.3, -0.25) is 4.79 Å². The lowest BCUT2D eigenvalue weighted by Gasteiger charge is -1.91. The summed E-state index contributed by atoms with van der Waals surface area (Å²) in [5.41, 5.74) is 0.220. The first-order valence-corrected chi connectivity index (χ1v) is 4.76. The maximum absolute atomic E-state index is 11.1. The van der Waals surface area contributed by atoms with Crippen molar-refractivity contribution in [2.24, 2.45) is 0 Å². The Morgan fingerprint density at radius 2 is 1.64 bits per heavy atom. The molecule has 0 aliphatic carbocycles. The highest BCUT2D eigenvalue weighted by atomic mass is 35.5. The number of halogens is 2. The number of nitrogens with one attached hydrogen (secondary N) is 1. The molecule has 0 radical (unpaired) electrons. The van der Waals surface area contributed by atoms with Gasteiger partial charge in [0.1, 0.15) is 4.90 Å². The van der Waals surface area contributed by atoms with Crippen molar-refractivity contribution in [3.63, 3.8) is 0 Å². The Morgan fingerprint density at radius 3 is 2.21 bits per heavy atom. The quantitative estimate of drug-likeness (QED) is 0.752. The predicted molar refractivity (Wildman–Crippen MR) is 55.6 cm³/mol.